The second kappa shape index (κ2) is 6.63. The predicted octanol–water partition coefficient (Wildman–Crippen LogP) is 1.71. The molecule has 0 saturated carbocycles. The van der Waals surface area contributed by atoms with Crippen molar-refractivity contribution in [3.8, 4) is 0 Å². The number of nitrogens with one attached hydrogen (secondary N) is 1. The maximum Gasteiger partial charge on any atom is 0.256 e. The zero-order valence-corrected chi connectivity index (χ0v) is 15.9. The maximum atomic E-state index is 12.9. The summed E-state index contributed by atoms with van der Waals surface area (Å²) in [5, 5.41) is 22.2. The summed E-state index contributed by atoms with van der Waals surface area (Å²) in [6.07, 6.45) is -3.48. The van der Waals surface area contributed by atoms with Gasteiger partial charge in [-0.3, -0.25) is 10.0 Å². The van der Waals surface area contributed by atoms with Crippen molar-refractivity contribution in [2.75, 3.05) is 10.5 Å². The van der Waals surface area contributed by atoms with Crippen LogP contribution in [0.5, 0.6) is 0 Å². The van der Waals surface area contributed by atoms with E-state index in [0.717, 1.165) is 0 Å². The van der Waals surface area contributed by atoms with E-state index in [2.05, 4.69) is 5.32 Å². The third-order valence-corrected chi connectivity index (χ3v) is 4.77. The third-order valence-electron chi connectivity index (χ3n) is 4.77. The van der Waals surface area contributed by atoms with Crippen LogP contribution in [0.15, 0.2) is 24.3 Å². The molecule has 154 valence electrons. The molecule has 10 nitrogen and oxygen atoms in total. The summed E-state index contributed by atoms with van der Waals surface area (Å²) in [5.74, 6) is -2.22. The first-order valence-electron chi connectivity index (χ1n) is 8.98. The number of hydrogen-bond donors (Lipinski definition) is 2. The van der Waals surface area contributed by atoms with E-state index in [4.69, 9.17) is 28.9 Å². The van der Waals surface area contributed by atoms with Crippen LogP contribution in [0.2, 0.25) is 0 Å². The van der Waals surface area contributed by atoms with Crippen LogP contribution in [0, 0.1) is 5.21 Å². The van der Waals surface area contributed by atoms with Gasteiger partial charge < -0.3 is 39.4 Å². The zero-order chi connectivity index (χ0) is 20.3. The molecule has 0 spiro atoms. The van der Waals surface area contributed by atoms with Crippen molar-refractivity contribution < 1.29 is 33.7 Å². The van der Waals surface area contributed by atoms with Crippen LogP contribution < -0.4 is 10.5 Å². The Morgan fingerprint density at radius 1 is 1.00 bits per heavy atom. The molecule has 3 heterocycles. The number of amides is 1. The lowest BCUT2D eigenvalue weighted by Gasteiger charge is -2.36. The number of fused-ring (bicyclic) bond motifs is 3. The fourth-order valence-corrected chi connectivity index (χ4v) is 3.71. The number of rotatable bonds is 3. The fraction of sp³-hybridized carbons (Fsp3) is 0.611. The summed E-state index contributed by atoms with van der Waals surface area (Å²) in [7, 11) is 0. The smallest absolute Gasteiger partial charge is 0.256 e. The minimum Gasteiger partial charge on any atom is -0.733 e. The van der Waals surface area contributed by atoms with Gasteiger partial charge in [0.25, 0.3) is 5.91 Å². The van der Waals surface area contributed by atoms with E-state index in [-0.39, 0.29) is 10.9 Å². The van der Waals surface area contributed by atoms with E-state index in [9.17, 15) is 10.0 Å². The molecule has 0 bridgehead atoms. The Balaban J connectivity index is 1.53. The van der Waals surface area contributed by atoms with Crippen LogP contribution in [0.3, 0.4) is 0 Å². The van der Waals surface area contributed by atoms with Crippen molar-refractivity contribution in [1.82, 2.24) is 0 Å². The molecular formula is C18H23N2O8-. The number of benzene rings is 1. The Hall–Kier alpha value is -1.79. The van der Waals surface area contributed by atoms with Gasteiger partial charge in [0.15, 0.2) is 24.0 Å². The number of anilines is 2. The Kier molecular flexibility index (Phi) is 4.62. The van der Waals surface area contributed by atoms with Gasteiger partial charge in [-0.15, -0.1) is 0 Å². The van der Waals surface area contributed by atoms with Gasteiger partial charge in [-0.1, -0.05) is 0 Å². The van der Waals surface area contributed by atoms with Crippen LogP contribution in [-0.4, -0.2) is 53.4 Å². The average molecular weight is 395 g/mol. The van der Waals surface area contributed by atoms with Gasteiger partial charge in [-0.2, -0.15) is 0 Å². The molecule has 5 unspecified atom stereocenters. The van der Waals surface area contributed by atoms with E-state index in [1.807, 2.05) is 0 Å². The van der Waals surface area contributed by atoms with Crippen LogP contribution in [0.25, 0.3) is 0 Å². The molecule has 0 aromatic heterocycles. The molecule has 0 aliphatic carbocycles. The second-order valence-corrected chi connectivity index (χ2v) is 7.90. The highest BCUT2D eigenvalue weighted by Crippen LogP contribution is 2.44. The molecule has 28 heavy (non-hydrogen) atoms. The summed E-state index contributed by atoms with van der Waals surface area (Å²) in [6, 6.07) is 5.73. The number of carbonyl (C=O) groups excluding carboxylic acids is 1. The Labute approximate surface area is 161 Å². The molecule has 4 rings (SSSR count). The molecule has 3 aliphatic rings. The largest absolute Gasteiger partial charge is 0.733 e. The fourth-order valence-electron chi connectivity index (χ4n) is 3.71. The standard InChI is InChI=1S/C18H23N2O8/c1-17(2)25-11-12(26-17)14-16(28-18(3,4)27-14)24-13(11)15(21)19-9-5-7-10(8-6-9)20(22)23/h5-8,11-14,16,22H,1-4H3,(H,19,21)/q-1. The topological polar surface area (TPSA) is 122 Å². The summed E-state index contributed by atoms with van der Waals surface area (Å²) in [4.78, 5) is 12.9. The lowest BCUT2D eigenvalue weighted by atomic mass is 9.98. The second-order valence-electron chi connectivity index (χ2n) is 7.90. The minimum atomic E-state index is -0.987. The average Bonchev–Trinajstić information content (AvgIpc) is 3.08. The van der Waals surface area contributed by atoms with Crippen molar-refractivity contribution in [3.63, 3.8) is 0 Å². The molecule has 3 aliphatic heterocycles. The van der Waals surface area contributed by atoms with Crippen molar-refractivity contribution in [3.05, 3.63) is 29.5 Å². The lowest BCUT2D eigenvalue weighted by molar-refractivity contribution is -0.229. The van der Waals surface area contributed by atoms with Crippen LogP contribution in [0.1, 0.15) is 27.7 Å². The van der Waals surface area contributed by atoms with Crippen molar-refractivity contribution >= 4 is 17.3 Å². The van der Waals surface area contributed by atoms with Crippen LogP contribution in [-0.2, 0) is 28.5 Å². The van der Waals surface area contributed by atoms with E-state index in [1.165, 1.54) is 24.3 Å². The molecular weight excluding hydrogens is 372 g/mol. The summed E-state index contributed by atoms with van der Waals surface area (Å²) < 4.78 is 29.5. The number of carbonyl (C=O) groups is 1. The van der Waals surface area contributed by atoms with Gasteiger partial charge in [0.2, 0.25) is 0 Å². The minimum absolute atomic E-state index is 0.0443. The molecule has 10 heteroatoms. The Morgan fingerprint density at radius 3 is 2.21 bits per heavy atom. The van der Waals surface area contributed by atoms with Crippen molar-refractivity contribution in [2.45, 2.75) is 70.0 Å². The highest BCUT2D eigenvalue weighted by Gasteiger charge is 2.62. The molecule has 2 N–H and O–H groups in total. The molecule has 5 atom stereocenters. The highest BCUT2D eigenvalue weighted by molar-refractivity contribution is 5.95. The van der Waals surface area contributed by atoms with Gasteiger partial charge in [0.1, 0.15) is 18.3 Å². The van der Waals surface area contributed by atoms with E-state index in [0.29, 0.717) is 5.69 Å². The number of ether oxygens (including phenoxy) is 5. The molecule has 1 amide bonds. The summed E-state index contributed by atoms with van der Waals surface area (Å²) >= 11 is 0. The Morgan fingerprint density at radius 2 is 1.57 bits per heavy atom. The van der Waals surface area contributed by atoms with Gasteiger partial charge in [0.05, 0.1) is 5.69 Å². The number of nitrogens with zero attached hydrogens (tertiary/aromatic N) is 1. The predicted molar refractivity (Wildman–Crippen MR) is 95.2 cm³/mol. The van der Waals surface area contributed by atoms with Crippen molar-refractivity contribution in [2.24, 2.45) is 0 Å². The maximum absolute atomic E-state index is 12.9. The lowest BCUT2D eigenvalue weighted by Crippen LogP contribution is -2.58. The number of hydrogen-bond acceptors (Lipinski definition) is 9. The first-order chi connectivity index (χ1) is 13.0. The first kappa shape index (κ1) is 19.5. The third kappa shape index (κ3) is 3.60. The van der Waals surface area contributed by atoms with E-state index in [1.54, 1.807) is 27.7 Å². The van der Waals surface area contributed by atoms with Gasteiger partial charge in [-0.05, 0) is 52.0 Å². The summed E-state index contributed by atoms with van der Waals surface area (Å²) in [6.45, 7) is 7.06. The summed E-state index contributed by atoms with van der Waals surface area (Å²) in [5.41, 5.74) is 0.475. The van der Waals surface area contributed by atoms with E-state index >= 15 is 0 Å². The zero-order valence-electron chi connectivity index (χ0n) is 15.9. The molecule has 1 aromatic rings. The van der Waals surface area contributed by atoms with Gasteiger partial charge >= 0.3 is 0 Å². The normalized spacial score (nSPS) is 35.1. The molecule has 3 saturated heterocycles. The van der Waals surface area contributed by atoms with Gasteiger partial charge in [0, 0.05) is 5.69 Å². The highest BCUT2D eigenvalue weighted by atomic mass is 16.9. The first-order valence-corrected chi connectivity index (χ1v) is 8.98. The van der Waals surface area contributed by atoms with E-state index < -0.39 is 48.2 Å². The molecule has 0 radical (unpaired) electrons. The quantitative estimate of drug-likeness (QED) is 0.737. The molecule has 3 fully saturated rings. The van der Waals surface area contributed by atoms with Crippen LogP contribution in [0.4, 0.5) is 11.4 Å². The van der Waals surface area contributed by atoms with Crippen LogP contribution >= 0.6 is 0 Å². The Bertz CT molecular complexity index is 750. The monoisotopic (exact) mass is 395 g/mol. The van der Waals surface area contributed by atoms with Gasteiger partial charge in [-0.25, -0.2) is 0 Å². The SMILES string of the molecule is CC1(C)OC2OC(C(=O)Nc3ccc(N([O-])O)cc3)C3OC(C)(C)OC3C2O1. The van der Waals surface area contributed by atoms with Crippen molar-refractivity contribution in [1.29, 1.82) is 0 Å². The molecule has 1 aromatic carbocycles.